The number of carbonyl (C=O) groups excluding carboxylic acids is 1. The highest BCUT2D eigenvalue weighted by Crippen LogP contribution is 2.23. The van der Waals surface area contributed by atoms with Crippen molar-refractivity contribution in [3.05, 3.63) is 54.4 Å². The third kappa shape index (κ3) is 4.81. The second-order valence-corrected chi connectivity index (χ2v) is 6.11. The van der Waals surface area contributed by atoms with Crippen molar-refractivity contribution in [1.29, 1.82) is 0 Å². The van der Waals surface area contributed by atoms with Gasteiger partial charge in [0, 0.05) is 36.2 Å². The van der Waals surface area contributed by atoms with Crippen LogP contribution in [-0.2, 0) is 11.2 Å². The summed E-state index contributed by atoms with van der Waals surface area (Å²) >= 11 is 0. The predicted octanol–water partition coefficient (Wildman–Crippen LogP) is 4.01. The van der Waals surface area contributed by atoms with Crippen molar-refractivity contribution in [3.8, 4) is 0 Å². The minimum Gasteiger partial charge on any atom is -0.382 e. The summed E-state index contributed by atoms with van der Waals surface area (Å²) in [5, 5.41) is 6.54. The molecule has 0 bridgehead atoms. The van der Waals surface area contributed by atoms with E-state index in [0.29, 0.717) is 12.5 Å². The number of aromatic nitrogens is 1. The first kappa shape index (κ1) is 15.5. The molecule has 23 heavy (non-hydrogen) atoms. The number of anilines is 2. The number of benzene rings is 1. The van der Waals surface area contributed by atoms with Gasteiger partial charge in [-0.3, -0.25) is 9.78 Å². The second-order valence-electron chi connectivity index (χ2n) is 6.11. The average molecular weight is 309 g/mol. The highest BCUT2D eigenvalue weighted by Gasteiger charge is 2.14. The van der Waals surface area contributed by atoms with Gasteiger partial charge in [-0.05, 0) is 55.2 Å². The molecule has 4 heteroatoms. The summed E-state index contributed by atoms with van der Waals surface area (Å²) in [6.07, 6.45) is 9.81. The van der Waals surface area contributed by atoms with E-state index < -0.39 is 0 Å². The first-order chi connectivity index (χ1) is 11.3. The smallest absolute Gasteiger partial charge is 0.224 e. The molecule has 0 saturated heterocycles. The molecule has 1 amide bonds. The fourth-order valence-electron chi connectivity index (χ4n) is 3.02. The predicted molar refractivity (Wildman–Crippen MR) is 93.5 cm³/mol. The highest BCUT2D eigenvalue weighted by atomic mass is 16.1. The van der Waals surface area contributed by atoms with Crippen molar-refractivity contribution in [2.75, 3.05) is 10.6 Å². The zero-order valence-corrected chi connectivity index (χ0v) is 13.3. The van der Waals surface area contributed by atoms with Crippen molar-refractivity contribution in [3.63, 3.8) is 0 Å². The van der Waals surface area contributed by atoms with Gasteiger partial charge in [0.15, 0.2) is 0 Å². The summed E-state index contributed by atoms with van der Waals surface area (Å²) in [7, 11) is 0. The van der Waals surface area contributed by atoms with Crippen LogP contribution in [0, 0.1) is 0 Å². The number of aryl methyl sites for hydroxylation is 1. The van der Waals surface area contributed by atoms with Crippen LogP contribution < -0.4 is 10.6 Å². The molecule has 2 aromatic rings. The standard InChI is InChI=1S/C19H23N3O/c23-19(9-8-15-10-12-20-13-11-15)22-18-7-3-6-17(14-18)21-16-4-1-2-5-16/h3,6-7,10-14,16,21H,1-2,4-5,8-9H2,(H,22,23). The zero-order chi connectivity index (χ0) is 15.9. The van der Waals surface area contributed by atoms with Gasteiger partial charge < -0.3 is 10.6 Å². The van der Waals surface area contributed by atoms with Crippen molar-refractivity contribution in [1.82, 2.24) is 4.98 Å². The quantitative estimate of drug-likeness (QED) is 0.848. The summed E-state index contributed by atoms with van der Waals surface area (Å²) < 4.78 is 0. The Balaban J connectivity index is 1.51. The molecule has 1 aromatic heterocycles. The van der Waals surface area contributed by atoms with Crippen LogP contribution in [0.5, 0.6) is 0 Å². The molecule has 0 radical (unpaired) electrons. The lowest BCUT2D eigenvalue weighted by Gasteiger charge is -2.14. The van der Waals surface area contributed by atoms with E-state index >= 15 is 0 Å². The largest absolute Gasteiger partial charge is 0.382 e. The monoisotopic (exact) mass is 309 g/mol. The van der Waals surface area contributed by atoms with Gasteiger partial charge in [-0.25, -0.2) is 0 Å². The first-order valence-electron chi connectivity index (χ1n) is 8.35. The van der Waals surface area contributed by atoms with Gasteiger partial charge in [-0.15, -0.1) is 0 Å². The molecule has 1 heterocycles. The Labute approximate surface area is 137 Å². The Bertz CT molecular complexity index is 636. The molecule has 0 unspecified atom stereocenters. The number of hydrogen-bond donors (Lipinski definition) is 2. The lowest BCUT2D eigenvalue weighted by Crippen LogP contribution is -2.15. The van der Waals surface area contributed by atoms with Crippen molar-refractivity contribution >= 4 is 17.3 Å². The maximum Gasteiger partial charge on any atom is 0.224 e. The summed E-state index contributed by atoms with van der Waals surface area (Å²) in [5.74, 6) is 0.0415. The minimum absolute atomic E-state index is 0.0415. The van der Waals surface area contributed by atoms with Gasteiger partial charge >= 0.3 is 0 Å². The van der Waals surface area contributed by atoms with Gasteiger partial charge in [-0.2, -0.15) is 0 Å². The Morgan fingerprint density at radius 3 is 2.61 bits per heavy atom. The molecular formula is C19H23N3O. The van der Waals surface area contributed by atoms with Crippen LogP contribution in [0.4, 0.5) is 11.4 Å². The summed E-state index contributed by atoms with van der Waals surface area (Å²) in [5.41, 5.74) is 3.07. The molecular weight excluding hydrogens is 286 g/mol. The molecule has 4 nitrogen and oxygen atoms in total. The minimum atomic E-state index is 0.0415. The fraction of sp³-hybridized carbons (Fsp3) is 0.368. The zero-order valence-electron chi connectivity index (χ0n) is 13.3. The van der Waals surface area contributed by atoms with Crippen LogP contribution in [0.15, 0.2) is 48.8 Å². The number of nitrogens with one attached hydrogen (secondary N) is 2. The van der Waals surface area contributed by atoms with Crippen LogP contribution in [0.25, 0.3) is 0 Å². The average Bonchev–Trinajstić information content (AvgIpc) is 3.07. The van der Waals surface area contributed by atoms with Gasteiger partial charge in [0.1, 0.15) is 0 Å². The molecule has 1 aromatic carbocycles. The molecule has 0 aliphatic heterocycles. The third-order valence-electron chi connectivity index (χ3n) is 4.26. The molecule has 1 aliphatic rings. The number of rotatable bonds is 6. The Hall–Kier alpha value is -2.36. The van der Waals surface area contributed by atoms with E-state index in [0.717, 1.165) is 23.4 Å². The van der Waals surface area contributed by atoms with Crippen molar-refractivity contribution in [2.45, 2.75) is 44.6 Å². The van der Waals surface area contributed by atoms with E-state index in [-0.39, 0.29) is 5.91 Å². The maximum atomic E-state index is 12.1. The lowest BCUT2D eigenvalue weighted by atomic mass is 10.1. The Morgan fingerprint density at radius 1 is 1.09 bits per heavy atom. The second kappa shape index (κ2) is 7.77. The van der Waals surface area contributed by atoms with Crippen LogP contribution in [-0.4, -0.2) is 16.9 Å². The van der Waals surface area contributed by atoms with E-state index in [4.69, 9.17) is 0 Å². The van der Waals surface area contributed by atoms with Gasteiger partial charge in [0.2, 0.25) is 5.91 Å². The number of hydrogen-bond acceptors (Lipinski definition) is 3. The van der Waals surface area contributed by atoms with Crippen LogP contribution in [0.3, 0.4) is 0 Å². The summed E-state index contributed by atoms with van der Waals surface area (Å²) in [4.78, 5) is 16.1. The number of carbonyl (C=O) groups is 1. The van der Waals surface area contributed by atoms with Gasteiger partial charge in [0.05, 0.1) is 0 Å². The number of nitrogens with zero attached hydrogens (tertiary/aromatic N) is 1. The normalized spacial score (nSPS) is 14.6. The van der Waals surface area contributed by atoms with Crippen molar-refractivity contribution in [2.24, 2.45) is 0 Å². The molecule has 0 atom stereocenters. The molecule has 0 spiro atoms. The highest BCUT2D eigenvalue weighted by molar-refractivity contribution is 5.91. The fourth-order valence-corrected chi connectivity index (χ4v) is 3.02. The van der Waals surface area contributed by atoms with E-state index in [1.165, 1.54) is 25.7 Å². The van der Waals surface area contributed by atoms with Gasteiger partial charge in [0.25, 0.3) is 0 Å². The molecule has 2 N–H and O–H groups in total. The third-order valence-corrected chi connectivity index (χ3v) is 4.26. The molecule has 1 fully saturated rings. The van der Waals surface area contributed by atoms with E-state index in [1.807, 2.05) is 30.3 Å². The summed E-state index contributed by atoms with van der Waals surface area (Å²) in [6.45, 7) is 0. The number of pyridine rings is 1. The van der Waals surface area contributed by atoms with Crippen LogP contribution in [0.2, 0.25) is 0 Å². The Kier molecular flexibility index (Phi) is 5.25. The maximum absolute atomic E-state index is 12.1. The Morgan fingerprint density at radius 2 is 1.83 bits per heavy atom. The molecule has 3 rings (SSSR count). The molecule has 120 valence electrons. The van der Waals surface area contributed by atoms with E-state index in [1.54, 1.807) is 12.4 Å². The first-order valence-corrected chi connectivity index (χ1v) is 8.35. The lowest BCUT2D eigenvalue weighted by molar-refractivity contribution is -0.116. The molecule has 1 saturated carbocycles. The van der Waals surface area contributed by atoms with E-state index in [2.05, 4.69) is 21.7 Å². The molecule has 1 aliphatic carbocycles. The van der Waals surface area contributed by atoms with Crippen LogP contribution >= 0.6 is 0 Å². The number of amides is 1. The summed E-state index contributed by atoms with van der Waals surface area (Å²) in [6, 6.07) is 12.5. The van der Waals surface area contributed by atoms with E-state index in [9.17, 15) is 4.79 Å². The van der Waals surface area contributed by atoms with Gasteiger partial charge in [-0.1, -0.05) is 18.9 Å². The van der Waals surface area contributed by atoms with Crippen LogP contribution in [0.1, 0.15) is 37.7 Å². The van der Waals surface area contributed by atoms with Crippen molar-refractivity contribution < 1.29 is 4.79 Å². The SMILES string of the molecule is O=C(CCc1ccncc1)Nc1cccc(NC2CCCC2)c1. The topological polar surface area (TPSA) is 54.0 Å².